The number of hydroxylamine groups is 2. The summed E-state index contributed by atoms with van der Waals surface area (Å²) in [5, 5.41) is 8.06. The van der Waals surface area contributed by atoms with E-state index < -0.39 is 0 Å². The molecule has 1 N–H and O–H groups in total. The van der Waals surface area contributed by atoms with Gasteiger partial charge in [0.25, 0.3) is 5.91 Å². The Morgan fingerprint density at radius 2 is 1.42 bits per heavy atom. The number of aromatic nitrogens is 2. The van der Waals surface area contributed by atoms with Crippen molar-refractivity contribution in [2.45, 2.75) is 62.3 Å². The Balaban J connectivity index is -0.000000585. The maximum atomic E-state index is 12.1. The average Bonchev–Trinajstić information content (AvgIpc) is 3.14. The number of hydrogen-bond donors (Lipinski definition) is 1. The van der Waals surface area contributed by atoms with Crippen LogP contribution in [0.25, 0.3) is 11.1 Å². The highest BCUT2D eigenvalue weighted by molar-refractivity contribution is 5.98. The zero-order valence-electron chi connectivity index (χ0n) is 18.6. The van der Waals surface area contributed by atoms with Gasteiger partial charge in [-0.1, -0.05) is 85.7 Å². The van der Waals surface area contributed by atoms with Crippen LogP contribution in [0.1, 0.15) is 71.6 Å². The van der Waals surface area contributed by atoms with Crippen molar-refractivity contribution >= 4 is 5.91 Å². The molecule has 1 heterocycles. The van der Waals surface area contributed by atoms with E-state index >= 15 is 0 Å². The van der Waals surface area contributed by atoms with Crippen molar-refractivity contribution in [2.24, 2.45) is 0 Å². The van der Waals surface area contributed by atoms with E-state index in [-0.39, 0.29) is 5.91 Å². The average molecular weight is 366 g/mol. The summed E-state index contributed by atoms with van der Waals surface area (Å²) in [6.07, 6.45) is 0. The molecule has 0 saturated heterocycles. The molecule has 0 radical (unpaired) electrons. The third-order valence-electron chi connectivity index (χ3n) is 2.77. The van der Waals surface area contributed by atoms with E-state index in [0.29, 0.717) is 5.69 Å². The molecule has 0 atom stereocenters. The number of rotatable bonds is 3. The smallest absolute Gasteiger partial charge is 0.281 e. The Morgan fingerprint density at radius 1 is 0.962 bits per heavy atom. The monoisotopic (exact) mass is 365 g/mol. The third-order valence-corrected chi connectivity index (χ3v) is 2.77. The molecule has 150 valence electrons. The molecule has 0 fully saturated rings. The molecular formula is C21H39N3O2. The van der Waals surface area contributed by atoms with Crippen LogP contribution in [0.2, 0.25) is 0 Å². The van der Waals surface area contributed by atoms with Gasteiger partial charge in [0, 0.05) is 18.3 Å². The first kappa shape index (κ1) is 28.7. The van der Waals surface area contributed by atoms with E-state index in [4.69, 9.17) is 4.84 Å². The van der Waals surface area contributed by atoms with Crippen LogP contribution in [-0.2, 0) is 4.84 Å². The van der Waals surface area contributed by atoms with Crippen LogP contribution in [0.4, 0.5) is 0 Å². The van der Waals surface area contributed by atoms with Gasteiger partial charge in [-0.25, -0.2) is 5.06 Å². The summed E-state index contributed by atoms with van der Waals surface area (Å²) in [5.41, 5.74) is 2.98. The highest BCUT2D eigenvalue weighted by Crippen LogP contribution is 2.26. The van der Waals surface area contributed by atoms with Gasteiger partial charge in [-0.3, -0.25) is 14.7 Å². The summed E-state index contributed by atoms with van der Waals surface area (Å²) in [6.45, 7) is 17.9. The Morgan fingerprint density at radius 3 is 1.85 bits per heavy atom. The molecule has 0 aliphatic carbocycles. The van der Waals surface area contributed by atoms with Crippen LogP contribution in [0.5, 0.6) is 0 Å². The van der Waals surface area contributed by atoms with Crippen molar-refractivity contribution in [3.05, 3.63) is 41.7 Å². The number of amides is 1. The quantitative estimate of drug-likeness (QED) is 0.666. The largest absolute Gasteiger partial charge is 0.298 e. The molecule has 0 unspecified atom stereocenters. The molecule has 26 heavy (non-hydrogen) atoms. The Labute approximate surface area is 160 Å². The van der Waals surface area contributed by atoms with Crippen molar-refractivity contribution in [1.82, 2.24) is 15.3 Å². The number of hydrogen-bond acceptors (Lipinski definition) is 3. The first-order chi connectivity index (χ1) is 12.6. The van der Waals surface area contributed by atoms with Crippen LogP contribution < -0.4 is 0 Å². The fourth-order valence-electron chi connectivity index (χ4n) is 1.77. The second kappa shape index (κ2) is 19.2. The molecule has 0 aliphatic heterocycles. The van der Waals surface area contributed by atoms with Crippen LogP contribution in [0, 0.1) is 6.92 Å². The third kappa shape index (κ3) is 8.81. The molecule has 2 rings (SSSR count). The normalized spacial score (nSPS) is 8.12. The number of aromatic amines is 1. The Hall–Kier alpha value is -2.14. The maximum absolute atomic E-state index is 12.1. The Kier molecular flexibility index (Phi) is 21.1. The summed E-state index contributed by atoms with van der Waals surface area (Å²) >= 11 is 0. The van der Waals surface area contributed by atoms with E-state index in [1.165, 1.54) is 7.11 Å². The van der Waals surface area contributed by atoms with Gasteiger partial charge in [-0.2, -0.15) is 5.10 Å². The standard InChI is InChI=1S/C13H15N3O2.4C2H6/c1-9-11(10-7-5-4-6-8-10)12(15-14-9)13(17)16(2)18-3;4*1-2/h4-8H,1-3H3,(H,14,15);4*1-2H3. The zero-order valence-corrected chi connectivity index (χ0v) is 18.6. The predicted molar refractivity (Wildman–Crippen MR) is 113 cm³/mol. The van der Waals surface area contributed by atoms with Crippen LogP contribution >= 0.6 is 0 Å². The topological polar surface area (TPSA) is 58.2 Å². The first-order valence-corrected chi connectivity index (χ1v) is 9.57. The highest BCUT2D eigenvalue weighted by Gasteiger charge is 2.21. The van der Waals surface area contributed by atoms with Gasteiger partial charge in [0.05, 0.1) is 7.11 Å². The lowest BCUT2D eigenvalue weighted by Gasteiger charge is -2.13. The minimum absolute atomic E-state index is 0.277. The minimum Gasteiger partial charge on any atom is -0.281 e. The molecule has 1 aromatic carbocycles. The zero-order chi connectivity index (χ0) is 21.1. The van der Waals surface area contributed by atoms with Gasteiger partial charge in [0.15, 0.2) is 5.69 Å². The molecule has 0 saturated carbocycles. The predicted octanol–water partition coefficient (Wildman–Crippen LogP) is 6.12. The van der Waals surface area contributed by atoms with Crippen LogP contribution in [-0.4, -0.2) is 35.3 Å². The highest BCUT2D eigenvalue weighted by atomic mass is 16.7. The van der Waals surface area contributed by atoms with Gasteiger partial charge >= 0.3 is 0 Å². The second-order valence-corrected chi connectivity index (χ2v) is 3.92. The summed E-state index contributed by atoms with van der Waals surface area (Å²) in [7, 11) is 3.00. The molecule has 2 aromatic rings. The summed E-state index contributed by atoms with van der Waals surface area (Å²) < 4.78 is 0. The second-order valence-electron chi connectivity index (χ2n) is 3.92. The molecule has 5 nitrogen and oxygen atoms in total. The van der Waals surface area contributed by atoms with Gasteiger partial charge in [0.1, 0.15) is 0 Å². The first-order valence-electron chi connectivity index (χ1n) is 9.57. The van der Waals surface area contributed by atoms with Gasteiger partial charge in [-0.05, 0) is 12.5 Å². The maximum Gasteiger partial charge on any atom is 0.298 e. The van der Waals surface area contributed by atoms with Crippen LogP contribution in [0.3, 0.4) is 0 Å². The number of carbonyl (C=O) groups is 1. The van der Waals surface area contributed by atoms with E-state index in [0.717, 1.165) is 21.9 Å². The lowest BCUT2D eigenvalue weighted by Crippen LogP contribution is -2.26. The number of nitrogens with zero attached hydrogens (tertiary/aromatic N) is 2. The van der Waals surface area contributed by atoms with E-state index in [2.05, 4.69) is 10.2 Å². The van der Waals surface area contributed by atoms with Gasteiger partial charge in [-0.15, -0.1) is 0 Å². The van der Waals surface area contributed by atoms with Crippen molar-refractivity contribution < 1.29 is 9.63 Å². The summed E-state index contributed by atoms with van der Waals surface area (Å²) in [4.78, 5) is 17.0. The Bertz CT molecular complexity index is 552. The number of H-pyrrole nitrogens is 1. The molecule has 0 spiro atoms. The molecule has 5 heteroatoms. The van der Waals surface area contributed by atoms with Crippen molar-refractivity contribution in [3.8, 4) is 11.1 Å². The fourth-order valence-corrected chi connectivity index (χ4v) is 1.77. The van der Waals surface area contributed by atoms with Gasteiger partial charge in [0.2, 0.25) is 0 Å². The van der Waals surface area contributed by atoms with Gasteiger partial charge < -0.3 is 0 Å². The van der Waals surface area contributed by atoms with Crippen molar-refractivity contribution in [1.29, 1.82) is 0 Å². The molecular weight excluding hydrogens is 326 g/mol. The van der Waals surface area contributed by atoms with Crippen LogP contribution in [0.15, 0.2) is 30.3 Å². The molecule has 1 aromatic heterocycles. The van der Waals surface area contributed by atoms with E-state index in [1.807, 2.05) is 92.6 Å². The summed E-state index contributed by atoms with van der Waals surface area (Å²) in [6, 6.07) is 9.68. The number of benzene rings is 1. The van der Waals surface area contributed by atoms with E-state index in [9.17, 15) is 4.79 Å². The SMILES string of the molecule is CC.CC.CC.CC.CON(C)C(=O)c1n[nH]c(C)c1-c1ccccc1. The fraction of sp³-hybridized carbons (Fsp3) is 0.524. The molecule has 1 amide bonds. The number of nitrogens with one attached hydrogen (secondary N) is 1. The summed E-state index contributed by atoms with van der Waals surface area (Å²) in [5.74, 6) is -0.277. The van der Waals surface area contributed by atoms with Crippen molar-refractivity contribution in [3.63, 3.8) is 0 Å². The molecule has 0 aliphatic rings. The van der Waals surface area contributed by atoms with Crippen molar-refractivity contribution in [2.75, 3.05) is 14.2 Å². The minimum atomic E-state index is -0.277. The number of carbonyl (C=O) groups excluding carboxylic acids is 1. The lowest BCUT2D eigenvalue weighted by atomic mass is 10.0. The molecule has 0 bridgehead atoms. The number of aryl methyl sites for hydroxylation is 1. The van der Waals surface area contributed by atoms with E-state index in [1.54, 1.807) is 7.05 Å². The lowest BCUT2D eigenvalue weighted by molar-refractivity contribution is -0.0760.